The first-order valence-electron chi connectivity index (χ1n) is 8.50. The standard InChI is InChI=1S/C19H23N3O2/c1-2-17(24-16-8-4-3-5-9-16)19(23)22-14-12-21(13-15-22)18-10-6-7-11-20-18/h3-11,17H,2,12-15H2,1H3/p+1/t17-/m0/s1. The zero-order valence-corrected chi connectivity index (χ0v) is 14.0. The van der Waals surface area contributed by atoms with Gasteiger partial charge >= 0.3 is 0 Å². The summed E-state index contributed by atoms with van der Waals surface area (Å²) >= 11 is 0. The van der Waals surface area contributed by atoms with Crippen LogP contribution in [0.1, 0.15) is 13.3 Å². The molecule has 1 aliphatic heterocycles. The van der Waals surface area contributed by atoms with E-state index in [1.54, 1.807) is 0 Å². The Morgan fingerprint density at radius 2 is 1.79 bits per heavy atom. The van der Waals surface area contributed by atoms with Crippen LogP contribution in [0.5, 0.6) is 5.75 Å². The highest BCUT2D eigenvalue weighted by atomic mass is 16.5. The van der Waals surface area contributed by atoms with Crippen LogP contribution in [0.15, 0.2) is 54.7 Å². The molecule has 1 atom stereocenters. The molecule has 1 aromatic heterocycles. The molecule has 2 heterocycles. The second-order valence-corrected chi connectivity index (χ2v) is 5.89. The number of carbonyl (C=O) groups is 1. The molecule has 1 aromatic carbocycles. The molecule has 0 bridgehead atoms. The van der Waals surface area contributed by atoms with Gasteiger partial charge < -0.3 is 9.64 Å². The number of benzene rings is 1. The number of amides is 1. The fourth-order valence-corrected chi connectivity index (χ4v) is 2.92. The van der Waals surface area contributed by atoms with Gasteiger partial charge in [-0.1, -0.05) is 31.2 Å². The van der Waals surface area contributed by atoms with Crippen molar-refractivity contribution < 1.29 is 14.5 Å². The van der Waals surface area contributed by atoms with E-state index in [9.17, 15) is 4.79 Å². The van der Waals surface area contributed by atoms with Gasteiger partial charge in [-0.25, -0.2) is 4.98 Å². The Hall–Kier alpha value is -2.56. The monoisotopic (exact) mass is 326 g/mol. The summed E-state index contributed by atoms with van der Waals surface area (Å²) < 4.78 is 5.88. The van der Waals surface area contributed by atoms with Gasteiger partial charge in [0, 0.05) is 6.07 Å². The Labute approximate surface area is 142 Å². The lowest BCUT2D eigenvalue weighted by Gasteiger charge is -2.33. The van der Waals surface area contributed by atoms with Gasteiger partial charge in [0.1, 0.15) is 18.8 Å². The van der Waals surface area contributed by atoms with E-state index in [1.165, 1.54) is 0 Å². The van der Waals surface area contributed by atoms with Crippen molar-refractivity contribution >= 4 is 11.7 Å². The molecule has 0 spiro atoms. The Kier molecular flexibility index (Phi) is 5.31. The number of H-pyrrole nitrogens is 1. The van der Waals surface area contributed by atoms with Crippen LogP contribution in [0.3, 0.4) is 0 Å². The van der Waals surface area contributed by atoms with E-state index in [0.717, 1.165) is 37.7 Å². The average molecular weight is 326 g/mol. The number of nitrogens with one attached hydrogen (secondary N) is 1. The lowest BCUT2D eigenvalue weighted by molar-refractivity contribution is -0.364. The Morgan fingerprint density at radius 3 is 2.42 bits per heavy atom. The van der Waals surface area contributed by atoms with Crippen molar-refractivity contribution in [3.8, 4) is 5.75 Å². The number of nitrogens with zero attached hydrogens (tertiary/aromatic N) is 2. The number of anilines is 1. The van der Waals surface area contributed by atoms with Crippen molar-refractivity contribution in [2.24, 2.45) is 0 Å². The second-order valence-electron chi connectivity index (χ2n) is 5.89. The summed E-state index contributed by atoms with van der Waals surface area (Å²) in [6.45, 7) is 5.08. The minimum atomic E-state index is -0.415. The van der Waals surface area contributed by atoms with Gasteiger partial charge in [-0.05, 0) is 24.6 Å². The number of hydrogen-bond donors (Lipinski definition) is 0. The molecule has 0 unspecified atom stereocenters. The Morgan fingerprint density at radius 1 is 1.08 bits per heavy atom. The summed E-state index contributed by atoms with van der Waals surface area (Å²) in [6, 6.07) is 15.6. The van der Waals surface area contributed by atoms with Crippen LogP contribution in [0.25, 0.3) is 0 Å². The van der Waals surface area contributed by atoms with Crippen LogP contribution in [-0.2, 0) is 4.79 Å². The fraction of sp³-hybridized carbons (Fsp3) is 0.368. The largest absolute Gasteiger partial charge is 0.481 e. The van der Waals surface area contributed by atoms with Crippen molar-refractivity contribution in [2.45, 2.75) is 19.4 Å². The van der Waals surface area contributed by atoms with Gasteiger partial charge in [0.25, 0.3) is 11.7 Å². The number of aromatic amines is 1. The molecule has 2 aromatic rings. The molecule has 5 heteroatoms. The lowest BCUT2D eigenvalue weighted by atomic mass is 10.2. The number of rotatable bonds is 5. The topological polar surface area (TPSA) is 46.9 Å². The number of pyridine rings is 1. The highest BCUT2D eigenvalue weighted by molar-refractivity contribution is 5.81. The van der Waals surface area contributed by atoms with Gasteiger partial charge in [0.2, 0.25) is 0 Å². The third-order valence-corrected chi connectivity index (χ3v) is 4.29. The van der Waals surface area contributed by atoms with Gasteiger partial charge in [-0.3, -0.25) is 9.69 Å². The third kappa shape index (κ3) is 3.85. The second kappa shape index (κ2) is 7.81. The molecule has 1 fully saturated rings. The minimum absolute atomic E-state index is 0.0815. The molecule has 0 radical (unpaired) electrons. The van der Waals surface area contributed by atoms with E-state index in [1.807, 2.05) is 60.5 Å². The van der Waals surface area contributed by atoms with E-state index < -0.39 is 6.10 Å². The molecule has 5 nitrogen and oxygen atoms in total. The zero-order valence-electron chi connectivity index (χ0n) is 14.0. The van der Waals surface area contributed by atoms with Crippen molar-refractivity contribution in [1.29, 1.82) is 0 Å². The number of para-hydroxylation sites is 1. The maximum absolute atomic E-state index is 12.8. The first kappa shape index (κ1) is 16.3. The van der Waals surface area contributed by atoms with Gasteiger partial charge in [0.15, 0.2) is 6.10 Å². The number of aromatic nitrogens is 1. The highest BCUT2D eigenvalue weighted by Gasteiger charge is 2.30. The van der Waals surface area contributed by atoms with Crippen LogP contribution < -0.4 is 14.6 Å². The molecular formula is C19H24N3O2+. The van der Waals surface area contributed by atoms with Crippen LogP contribution >= 0.6 is 0 Å². The van der Waals surface area contributed by atoms with Crippen LogP contribution in [0.4, 0.5) is 5.82 Å². The number of piperazine rings is 1. The minimum Gasteiger partial charge on any atom is -0.481 e. The number of carbonyl (C=O) groups excluding carboxylic acids is 1. The van der Waals surface area contributed by atoms with E-state index in [4.69, 9.17) is 4.74 Å². The molecule has 1 aliphatic rings. The fourth-order valence-electron chi connectivity index (χ4n) is 2.92. The normalized spacial score (nSPS) is 15.9. The number of hydrogen-bond acceptors (Lipinski definition) is 3. The summed E-state index contributed by atoms with van der Waals surface area (Å²) in [4.78, 5) is 20.2. The Bertz CT molecular complexity index is 640. The first-order chi connectivity index (χ1) is 11.8. The Balaban J connectivity index is 1.57. The third-order valence-electron chi connectivity index (χ3n) is 4.29. The van der Waals surface area contributed by atoms with Crippen LogP contribution in [0.2, 0.25) is 0 Å². The summed E-state index contributed by atoms with van der Waals surface area (Å²) in [5, 5.41) is 0. The number of ether oxygens (including phenoxy) is 1. The van der Waals surface area contributed by atoms with Crippen molar-refractivity contribution in [2.75, 3.05) is 31.1 Å². The van der Waals surface area contributed by atoms with Gasteiger partial charge in [0.05, 0.1) is 19.3 Å². The molecule has 1 amide bonds. The van der Waals surface area contributed by atoms with Crippen LogP contribution in [-0.4, -0.2) is 43.1 Å². The molecule has 0 aliphatic carbocycles. The molecule has 1 N–H and O–H groups in total. The summed E-state index contributed by atoms with van der Waals surface area (Å²) in [5.41, 5.74) is 0. The predicted octanol–water partition coefficient (Wildman–Crippen LogP) is 2.01. The first-order valence-corrected chi connectivity index (χ1v) is 8.50. The quantitative estimate of drug-likeness (QED) is 0.844. The van der Waals surface area contributed by atoms with E-state index in [2.05, 4.69) is 16.0 Å². The zero-order chi connectivity index (χ0) is 16.8. The van der Waals surface area contributed by atoms with Crippen LogP contribution in [0, 0.1) is 0 Å². The molecular weight excluding hydrogens is 302 g/mol. The summed E-state index contributed by atoms with van der Waals surface area (Å²) in [6.07, 6.45) is 2.18. The predicted molar refractivity (Wildman–Crippen MR) is 92.9 cm³/mol. The summed E-state index contributed by atoms with van der Waals surface area (Å²) in [5.74, 6) is 1.92. The molecule has 1 saturated heterocycles. The van der Waals surface area contributed by atoms with Gasteiger partial charge in [-0.15, -0.1) is 0 Å². The molecule has 126 valence electrons. The SMILES string of the molecule is CC[C@H](Oc1ccccc1)C(=O)N1CCN(c2cccc[nH+]2)CC1. The van der Waals surface area contributed by atoms with Gasteiger partial charge in [-0.2, -0.15) is 0 Å². The lowest BCUT2D eigenvalue weighted by Crippen LogP contribution is -2.53. The maximum atomic E-state index is 12.8. The molecule has 24 heavy (non-hydrogen) atoms. The molecule has 0 saturated carbocycles. The summed E-state index contributed by atoms with van der Waals surface area (Å²) in [7, 11) is 0. The van der Waals surface area contributed by atoms with E-state index in [0.29, 0.717) is 6.42 Å². The van der Waals surface area contributed by atoms with Crippen molar-refractivity contribution in [1.82, 2.24) is 4.90 Å². The smallest absolute Gasteiger partial charge is 0.274 e. The molecule has 3 rings (SSSR count). The van der Waals surface area contributed by atoms with Crippen molar-refractivity contribution in [3.63, 3.8) is 0 Å². The highest BCUT2D eigenvalue weighted by Crippen LogP contribution is 2.16. The maximum Gasteiger partial charge on any atom is 0.274 e. The average Bonchev–Trinajstić information content (AvgIpc) is 2.67. The van der Waals surface area contributed by atoms with E-state index >= 15 is 0 Å². The van der Waals surface area contributed by atoms with E-state index in [-0.39, 0.29) is 5.91 Å². The van der Waals surface area contributed by atoms with Crippen molar-refractivity contribution in [3.05, 3.63) is 54.7 Å².